The number of hydrogen-bond donors (Lipinski definition) is 0. The van der Waals surface area contributed by atoms with Gasteiger partial charge in [0.2, 0.25) is 0 Å². The monoisotopic (exact) mass is 630 g/mol. The van der Waals surface area contributed by atoms with E-state index in [1.165, 1.54) is 0 Å². The minimum Gasteiger partial charge on any atom is -0.379 e. The van der Waals surface area contributed by atoms with Crippen molar-refractivity contribution in [1.82, 2.24) is 0 Å². The molecule has 0 bridgehead atoms. The third kappa shape index (κ3) is 39.5. The van der Waals surface area contributed by atoms with Gasteiger partial charge in [-0.2, -0.15) is 0 Å². The van der Waals surface area contributed by atoms with Gasteiger partial charge in [0.1, 0.15) is 0 Å². The summed E-state index contributed by atoms with van der Waals surface area (Å²) in [6, 6.07) is 0. The summed E-state index contributed by atoms with van der Waals surface area (Å²) in [5.41, 5.74) is 0. The summed E-state index contributed by atoms with van der Waals surface area (Å²) < 4.78 is 70.7. The normalized spacial score (nSPS) is 12.3. The van der Waals surface area contributed by atoms with Gasteiger partial charge in [-0.05, 0) is 20.3 Å². The molecule has 0 aromatic carbocycles. The zero-order valence-electron chi connectivity index (χ0n) is 27.3. The van der Waals surface area contributed by atoms with Crippen LogP contribution in [0, 0.1) is 0 Å². The molecule has 0 aliphatic rings. The Kier molecular flexibility index (Phi) is 39.0. The lowest BCUT2D eigenvalue weighted by atomic mass is 10.3. The standard InChI is InChI=1S/C30H62O13/c1-4-30(3)43-29-28-42-27-26-41-25-24-40-23-22-39-21-20-38-19-18-37-17-16-36-15-14-35-13-12-34-11-10-33-9-8-32-7-6-31-5-2/h30H,4-29H2,1-3H3. The van der Waals surface area contributed by atoms with Gasteiger partial charge < -0.3 is 61.6 Å². The Balaban J connectivity index is 3.04. The maximum atomic E-state index is 5.54. The van der Waals surface area contributed by atoms with Gasteiger partial charge in [-0.1, -0.05) is 6.92 Å². The lowest BCUT2D eigenvalue weighted by Crippen LogP contribution is -2.16. The fourth-order valence-electron chi connectivity index (χ4n) is 2.99. The van der Waals surface area contributed by atoms with E-state index in [1.54, 1.807) is 0 Å². The van der Waals surface area contributed by atoms with E-state index in [-0.39, 0.29) is 6.10 Å². The van der Waals surface area contributed by atoms with E-state index < -0.39 is 0 Å². The summed E-state index contributed by atoms with van der Waals surface area (Å²) in [5.74, 6) is 0. The van der Waals surface area contributed by atoms with E-state index in [9.17, 15) is 0 Å². The molecule has 0 saturated carbocycles. The van der Waals surface area contributed by atoms with Crippen molar-refractivity contribution in [2.45, 2.75) is 33.3 Å². The molecule has 0 N–H and O–H groups in total. The summed E-state index contributed by atoms with van der Waals surface area (Å²) in [5, 5.41) is 0. The van der Waals surface area contributed by atoms with Gasteiger partial charge in [0.05, 0.1) is 165 Å². The average molecular weight is 631 g/mol. The van der Waals surface area contributed by atoms with Crippen LogP contribution in [0.1, 0.15) is 27.2 Å². The average Bonchev–Trinajstić information content (AvgIpc) is 3.02. The Morgan fingerprint density at radius 2 is 0.465 bits per heavy atom. The van der Waals surface area contributed by atoms with Crippen molar-refractivity contribution in [3.63, 3.8) is 0 Å². The van der Waals surface area contributed by atoms with Crippen LogP contribution in [0.25, 0.3) is 0 Å². The maximum Gasteiger partial charge on any atom is 0.0704 e. The first-order valence-electron chi connectivity index (χ1n) is 15.9. The zero-order chi connectivity index (χ0) is 31.2. The van der Waals surface area contributed by atoms with Crippen LogP contribution in [-0.4, -0.2) is 171 Å². The van der Waals surface area contributed by atoms with Crippen molar-refractivity contribution in [3.05, 3.63) is 0 Å². The molecule has 1 atom stereocenters. The van der Waals surface area contributed by atoms with Crippen LogP contribution in [0.3, 0.4) is 0 Å². The molecule has 0 saturated heterocycles. The molecular weight excluding hydrogens is 568 g/mol. The quantitative estimate of drug-likeness (QED) is 0.0923. The van der Waals surface area contributed by atoms with Crippen LogP contribution in [0.4, 0.5) is 0 Å². The molecular formula is C30H62O13. The van der Waals surface area contributed by atoms with Gasteiger partial charge in [0.15, 0.2) is 0 Å². The largest absolute Gasteiger partial charge is 0.379 e. The van der Waals surface area contributed by atoms with Crippen LogP contribution < -0.4 is 0 Å². The molecule has 0 aromatic heterocycles. The Hall–Kier alpha value is -0.520. The van der Waals surface area contributed by atoms with Crippen molar-refractivity contribution < 1.29 is 61.6 Å². The van der Waals surface area contributed by atoms with Crippen molar-refractivity contribution >= 4 is 0 Å². The highest BCUT2D eigenvalue weighted by Gasteiger charge is 1.98. The lowest BCUT2D eigenvalue weighted by molar-refractivity contribution is -0.0302. The second-order valence-electron chi connectivity index (χ2n) is 9.02. The second kappa shape index (κ2) is 39.5. The Morgan fingerprint density at radius 3 is 0.651 bits per heavy atom. The number of rotatable bonds is 39. The van der Waals surface area contributed by atoms with E-state index in [0.29, 0.717) is 165 Å². The molecule has 0 spiro atoms. The molecule has 0 radical (unpaired) electrons. The predicted molar refractivity (Wildman–Crippen MR) is 161 cm³/mol. The second-order valence-corrected chi connectivity index (χ2v) is 9.02. The molecule has 0 amide bonds. The molecule has 0 fully saturated rings. The van der Waals surface area contributed by atoms with Crippen molar-refractivity contribution in [2.75, 3.05) is 165 Å². The van der Waals surface area contributed by atoms with E-state index >= 15 is 0 Å². The summed E-state index contributed by atoms with van der Waals surface area (Å²) in [6.07, 6.45) is 1.29. The summed E-state index contributed by atoms with van der Waals surface area (Å²) in [7, 11) is 0. The summed E-state index contributed by atoms with van der Waals surface area (Å²) in [6.45, 7) is 19.9. The van der Waals surface area contributed by atoms with E-state index in [2.05, 4.69) is 13.8 Å². The molecule has 0 aliphatic carbocycles. The first kappa shape index (κ1) is 42.5. The van der Waals surface area contributed by atoms with Crippen molar-refractivity contribution in [1.29, 1.82) is 0 Å². The molecule has 13 nitrogen and oxygen atoms in total. The van der Waals surface area contributed by atoms with E-state index in [0.717, 1.165) is 6.42 Å². The molecule has 13 heteroatoms. The SMILES string of the molecule is CCOCCOCCOCCOCCOCCOCCOCCOCCOCCOCCOCCOCCOC(C)CC. The fourth-order valence-corrected chi connectivity index (χ4v) is 2.99. The van der Waals surface area contributed by atoms with Gasteiger partial charge in [-0.15, -0.1) is 0 Å². The van der Waals surface area contributed by atoms with Crippen LogP contribution in [-0.2, 0) is 61.6 Å². The van der Waals surface area contributed by atoms with E-state index in [4.69, 9.17) is 61.6 Å². The summed E-state index contributed by atoms with van der Waals surface area (Å²) in [4.78, 5) is 0. The Labute approximate surface area is 260 Å². The first-order valence-corrected chi connectivity index (χ1v) is 15.9. The van der Waals surface area contributed by atoms with Crippen LogP contribution >= 0.6 is 0 Å². The number of hydrogen-bond acceptors (Lipinski definition) is 13. The van der Waals surface area contributed by atoms with Gasteiger partial charge in [-0.3, -0.25) is 0 Å². The minimum absolute atomic E-state index is 0.283. The highest BCUT2D eigenvalue weighted by atomic mass is 16.6. The topological polar surface area (TPSA) is 120 Å². The molecule has 260 valence electrons. The zero-order valence-corrected chi connectivity index (χ0v) is 27.3. The third-order valence-electron chi connectivity index (χ3n) is 5.50. The van der Waals surface area contributed by atoms with Gasteiger partial charge in [0, 0.05) is 6.61 Å². The smallest absolute Gasteiger partial charge is 0.0704 e. The Bertz CT molecular complexity index is 491. The molecule has 0 rings (SSSR count). The molecule has 43 heavy (non-hydrogen) atoms. The molecule has 0 aliphatic heterocycles. The maximum absolute atomic E-state index is 5.54. The summed E-state index contributed by atoms with van der Waals surface area (Å²) >= 11 is 0. The molecule has 1 unspecified atom stereocenters. The van der Waals surface area contributed by atoms with Crippen molar-refractivity contribution in [3.8, 4) is 0 Å². The van der Waals surface area contributed by atoms with Crippen LogP contribution in [0.2, 0.25) is 0 Å². The van der Waals surface area contributed by atoms with E-state index in [1.807, 2.05) is 6.92 Å². The Morgan fingerprint density at radius 1 is 0.279 bits per heavy atom. The lowest BCUT2D eigenvalue weighted by Gasteiger charge is -2.11. The van der Waals surface area contributed by atoms with Gasteiger partial charge in [0.25, 0.3) is 0 Å². The van der Waals surface area contributed by atoms with Crippen molar-refractivity contribution in [2.24, 2.45) is 0 Å². The highest BCUT2D eigenvalue weighted by molar-refractivity contribution is 4.44. The van der Waals surface area contributed by atoms with Crippen LogP contribution in [0.15, 0.2) is 0 Å². The first-order chi connectivity index (χ1) is 21.3. The third-order valence-corrected chi connectivity index (χ3v) is 5.50. The fraction of sp³-hybridized carbons (Fsp3) is 1.00. The molecule has 0 heterocycles. The molecule has 0 aromatic rings. The number of ether oxygens (including phenoxy) is 13. The van der Waals surface area contributed by atoms with Crippen LogP contribution in [0.5, 0.6) is 0 Å². The minimum atomic E-state index is 0.283. The predicted octanol–water partition coefficient (Wildman–Crippen LogP) is 2.02. The van der Waals surface area contributed by atoms with Gasteiger partial charge in [-0.25, -0.2) is 0 Å². The van der Waals surface area contributed by atoms with Gasteiger partial charge >= 0.3 is 0 Å². The highest BCUT2D eigenvalue weighted by Crippen LogP contribution is 1.95.